The lowest BCUT2D eigenvalue weighted by molar-refractivity contribution is 1.04. The number of nitrogens with zero attached hydrogens (tertiary/aromatic N) is 4. The van der Waals surface area contributed by atoms with Gasteiger partial charge in [0.1, 0.15) is 0 Å². The van der Waals surface area contributed by atoms with Crippen molar-refractivity contribution in [3.05, 3.63) is 77.8 Å². The second-order valence-corrected chi connectivity index (χ2v) is 5.96. The number of pyridine rings is 1. The van der Waals surface area contributed by atoms with Crippen LogP contribution >= 0.6 is 0 Å². The number of aryl methyl sites for hydroxylation is 1. The molecule has 0 aliphatic heterocycles. The van der Waals surface area contributed by atoms with Crippen molar-refractivity contribution in [1.29, 1.82) is 0 Å². The lowest BCUT2D eigenvalue weighted by Crippen LogP contribution is -2.02. The number of H-pyrrole nitrogens is 1. The number of hydrogen-bond acceptors (Lipinski definition) is 5. The summed E-state index contributed by atoms with van der Waals surface area (Å²) in [5.41, 5.74) is 5.89. The molecule has 0 amide bonds. The van der Waals surface area contributed by atoms with Crippen molar-refractivity contribution in [1.82, 2.24) is 25.1 Å². The van der Waals surface area contributed by atoms with Gasteiger partial charge in [-0.25, -0.2) is 0 Å². The van der Waals surface area contributed by atoms with E-state index in [1.165, 1.54) is 0 Å². The Hall–Kier alpha value is -3.54. The molecule has 0 aliphatic carbocycles. The fourth-order valence-electron chi connectivity index (χ4n) is 2.76. The van der Waals surface area contributed by atoms with Gasteiger partial charge in [0.15, 0.2) is 0 Å². The SMILES string of the molecule is Cc1cc2[nH]nc(C=Cc3cnccn3)c2cc1NCc1ccccn1. The summed E-state index contributed by atoms with van der Waals surface area (Å²) in [4.78, 5) is 12.7. The summed E-state index contributed by atoms with van der Waals surface area (Å²) in [5.74, 6) is 0. The zero-order valence-electron chi connectivity index (χ0n) is 14.3. The van der Waals surface area contributed by atoms with Crippen molar-refractivity contribution in [2.24, 2.45) is 0 Å². The third-order valence-electron chi connectivity index (χ3n) is 4.12. The molecular weight excluding hydrogens is 324 g/mol. The van der Waals surface area contributed by atoms with Gasteiger partial charge in [0.05, 0.1) is 35.3 Å². The molecular formula is C20H18N6. The average molecular weight is 342 g/mol. The number of hydrogen-bond donors (Lipinski definition) is 2. The molecule has 3 heterocycles. The van der Waals surface area contributed by atoms with Crippen LogP contribution in [0.25, 0.3) is 23.1 Å². The molecule has 0 saturated carbocycles. The van der Waals surface area contributed by atoms with E-state index in [-0.39, 0.29) is 0 Å². The number of nitrogens with one attached hydrogen (secondary N) is 2. The number of rotatable bonds is 5. The molecule has 6 nitrogen and oxygen atoms in total. The largest absolute Gasteiger partial charge is 0.379 e. The molecule has 1 aromatic carbocycles. The number of aromatic amines is 1. The van der Waals surface area contributed by atoms with Gasteiger partial charge in [-0.05, 0) is 48.9 Å². The third-order valence-corrected chi connectivity index (χ3v) is 4.12. The highest BCUT2D eigenvalue weighted by atomic mass is 15.1. The summed E-state index contributed by atoms with van der Waals surface area (Å²) in [7, 11) is 0. The maximum atomic E-state index is 4.41. The van der Waals surface area contributed by atoms with Crippen molar-refractivity contribution < 1.29 is 0 Å². The highest BCUT2D eigenvalue weighted by Gasteiger charge is 2.07. The summed E-state index contributed by atoms with van der Waals surface area (Å²) in [6, 6.07) is 10.1. The van der Waals surface area contributed by atoms with Crippen molar-refractivity contribution in [3.63, 3.8) is 0 Å². The topological polar surface area (TPSA) is 79.4 Å². The van der Waals surface area contributed by atoms with E-state index in [0.29, 0.717) is 6.54 Å². The van der Waals surface area contributed by atoms with Crippen LogP contribution in [0.1, 0.15) is 22.6 Å². The molecule has 0 spiro atoms. The zero-order valence-corrected chi connectivity index (χ0v) is 14.3. The number of benzene rings is 1. The molecule has 128 valence electrons. The fraction of sp³-hybridized carbons (Fsp3) is 0.100. The van der Waals surface area contributed by atoms with Gasteiger partial charge in [0.2, 0.25) is 0 Å². The lowest BCUT2D eigenvalue weighted by Gasteiger charge is -2.09. The minimum Gasteiger partial charge on any atom is -0.379 e. The molecule has 2 N–H and O–H groups in total. The molecule has 4 aromatic rings. The summed E-state index contributed by atoms with van der Waals surface area (Å²) >= 11 is 0. The molecule has 6 heteroatoms. The standard InChI is InChI=1S/C20H18N6/c1-14-10-20-17(11-19(14)24-13-15-4-2-3-7-22-15)18(25-26-20)6-5-16-12-21-8-9-23-16/h2-12,24H,13H2,1H3,(H,25,26). The van der Waals surface area contributed by atoms with E-state index in [0.717, 1.165) is 39.2 Å². The molecule has 0 saturated heterocycles. The molecule has 0 fully saturated rings. The quantitative estimate of drug-likeness (QED) is 0.576. The molecule has 26 heavy (non-hydrogen) atoms. The van der Waals surface area contributed by atoms with Crippen LogP contribution in [-0.2, 0) is 6.54 Å². The smallest absolute Gasteiger partial charge is 0.0928 e. The second kappa shape index (κ2) is 7.14. The van der Waals surface area contributed by atoms with E-state index >= 15 is 0 Å². The summed E-state index contributed by atoms with van der Waals surface area (Å²) in [5, 5.41) is 12.0. The van der Waals surface area contributed by atoms with E-state index in [4.69, 9.17) is 0 Å². The average Bonchev–Trinajstić information content (AvgIpc) is 3.08. The molecule has 4 rings (SSSR count). The Balaban J connectivity index is 1.61. The van der Waals surface area contributed by atoms with E-state index in [2.05, 4.69) is 49.5 Å². The van der Waals surface area contributed by atoms with Crippen molar-refractivity contribution >= 4 is 28.7 Å². The Morgan fingerprint density at radius 2 is 2.04 bits per heavy atom. The Bertz CT molecular complexity index is 1040. The van der Waals surface area contributed by atoms with Gasteiger partial charge < -0.3 is 5.32 Å². The van der Waals surface area contributed by atoms with Crippen LogP contribution < -0.4 is 5.32 Å². The van der Waals surface area contributed by atoms with E-state index < -0.39 is 0 Å². The van der Waals surface area contributed by atoms with Crippen molar-refractivity contribution in [2.45, 2.75) is 13.5 Å². The first-order chi connectivity index (χ1) is 12.8. The normalized spacial score (nSPS) is 11.3. The minimum absolute atomic E-state index is 0.676. The monoisotopic (exact) mass is 342 g/mol. The van der Waals surface area contributed by atoms with Crippen LogP contribution in [0.2, 0.25) is 0 Å². The van der Waals surface area contributed by atoms with Crippen LogP contribution in [0.4, 0.5) is 5.69 Å². The molecule has 0 radical (unpaired) electrons. The summed E-state index contributed by atoms with van der Waals surface area (Å²) in [6.45, 7) is 2.76. The second-order valence-electron chi connectivity index (χ2n) is 5.96. The lowest BCUT2D eigenvalue weighted by atomic mass is 10.1. The van der Waals surface area contributed by atoms with Gasteiger partial charge in [0, 0.05) is 29.7 Å². The first-order valence-corrected chi connectivity index (χ1v) is 8.36. The Labute approximate surface area is 151 Å². The van der Waals surface area contributed by atoms with E-state index in [1.54, 1.807) is 24.8 Å². The highest BCUT2D eigenvalue weighted by Crippen LogP contribution is 2.26. The van der Waals surface area contributed by atoms with E-state index in [1.807, 2.05) is 30.4 Å². The third kappa shape index (κ3) is 3.44. The van der Waals surface area contributed by atoms with Gasteiger partial charge in [-0.15, -0.1) is 0 Å². The first-order valence-electron chi connectivity index (χ1n) is 8.36. The van der Waals surface area contributed by atoms with Gasteiger partial charge >= 0.3 is 0 Å². The van der Waals surface area contributed by atoms with Gasteiger partial charge in [-0.2, -0.15) is 5.10 Å². The predicted octanol–water partition coefficient (Wildman–Crippen LogP) is 3.84. The number of anilines is 1. The van der Waals surface area contributed by atoms with E-state index in [9.17, 15) is 0 Å². The maximum Gasteiger partial charge on any atom is 0.0928 e. The fourth-order valence-corrected chi connectivity index (χ4v) is 2.76. The molecule has 0 aliphatic rings. The Morgan fingerprint density at radius 3 is 2.85 bits per heavy atom. The molecule has 0 atom stereocenters. The van der Waals surface area contributed by atoms with Crippen LogP contribution in [0, 0.1) is 6.92 Å². The molecule has 0 bridgehead atoms. The highest BCUT2D eigenvalue weighted by molar-refractivity contribution is 5.92. The van der Waals surface area contributed by atoms with Crippen LogP contribution in [0.15, 0.2) is 55.1 Å². The zero-order chi connectivity index (χ0) is 17.8. The molecule has 3 aromatic heterocycles. The molecule has 0 unspecified atom stereocenters. The summed E-state index contributed by atoms with van der Waals surface area (Å²) in [6.07, 6.45) is 10.7. The van der Waals surface area contributed by atoms with Crippen LogP contribution in [-0.4, -0.2) is 25.1 Å². The van der Waals surface area contributed by atoms with Gasteiger partial charge in [-0.3, -0.25) is 20.1 Å². The number of aromatic nitrogens is 5. The van der Waals surface area contributed by atoms with Crippen LogP contribution in [0.5, 0.6) is 0 Å². The van der Waals surface area contributed by atoms with Crippen LogP contribution in [0.3, 0.4) is 0 Å². The Morgan fingerprint density at radius 1 is 1.08 bits per heavy atom. The maximum absolute atomic E-state index is 4.41. The predicted molar refractivity (Wildman–Crippen MR) is 103 cm³/mol. The minimum atomic E-state index is 0.676. The summed E-state index contributed by atoms with van der Waals surface area (Å²) < 4.78 is 0. The van der Waals surface area contributed by atoms with Crippen molar-refractivity contribution in [2.75, 3.05) is 5.32 Å². The van der Waals surface area contributed by atoms with Gasteiger partial charge in [-0.1, -0.05) is 6.07 Å². The van der Waals surface area contributed by atoms with Crippen molar-refractivity contribution in [3.8, 4) is 0 Å². The van der Waals surface area contributed by atoms with Gasteiger partial charge in [0.25, 0.3) is 0 Å². The Kier molecular flexibility index (Phi) is 4.38. The first kappa shape index (κ1) is 16.0. The number of fused-ring (bicyclic) bond motifs is 1.